The molecule has 0 aromatic rings. The Bertz CT molecular complexity index is 478. The first-order valence-electron chi connectivity index (χ1n) is 6.56. The third-order valence-electron chi connectivity index (χ3n) is 4.11. The number of carboxylic acids is 1. The van der Waals surface area contributed by atoms with Crippen LogP contribution in [0, 0.1) is 5.41 Å². The van der Waals surface area contributed by atoms with Gasteiger partial charge in [-0.3, -0.25) is 9.59 Å². The van der Waals surface area contributed by atoms with E-state index in [1.807, 2.05) is 0 Å². The van der Waals surface area contributed by atoms with E-state index in [2.05, 4.69) is 5.32 Å². The number of carboxylic acid groups (broad SMARTS) is 1. The lowest BCUT2D eigenvalue weighted by Gasteiger charge is -2.23. The molecule has 2 fully saturated rings. The minimum Gasteiger partial charge on any atom is -0.481 e. The number of hydrogen-bond acceptors (Lipinski definition) is 4. The molecule has 1 saturated carbocycles. The summed E-state index contributed by atoms with van der Waals surface area (Å²) in [7, 11) is -3.03. The van der Waals surface area contributed by atoms with Crippen molar-refractivity contribution in [1.82, 2.24) is 5.32 Å². The highest BCUT2D eigenvalue weighted by molar-refractivity contribution is 7.91. The maximum absolute atomic E-state index is 11.9. The van der Waals surface area contributed by atoms with Crippen LogP contribution >= 0.6 is 0 Å². The zero-order chi connectivity index (χ0) is 14.1. The van der Waals surface area contributed by atoms with Gasteiger partial charge in [-0.1, -0.05) is 12.8 Å². The molecule has 1 atom stereocenters. The van der Waals surface area contributed by atoms with Crippen molar-refractivity contribution in [3.63, 3.8) is 0 Å². The normalized spacial score (nSPS) is 28.1. The molecule has 1 aliphatic carbocycles. The third-order valence-corrected chi connectivity index (χ3v) is 5.88. The Morgan fingerprint density at radius 1 is 1.26 bits per heavy atom. The van der Waals surface area contributed by atoms with Gasteiger partial charge >= 0.3 is 5.97 Å². The molecule has 1 saturated heterocycles. The molecule has 0 aromatic heterocycles. The molecule has 6 nitrogen and oxygen atoms in total. The van der Waals surface area contributed by atoms with Crippen LogP contribution in [0.3, 0.4) is 0 Å². The summed E-state index contributed by atoms with van der Waals surface area (Å²) in [5.74, 6) is -1.19. The summed E-state index contributed by atoms with van der Waals surface area (Å²) >= 11 is 0. The van der Waals surface area contributed by atoms with Crippen molar-refractivity contribution in [3.8, 4) is 0 Å². The summed E-state index contributed by atoms with van der Waals surface area (Å²) in [4.78, 5) is 23.2. The van der Waals surface area contributed by atoms with Crippen LogP contribution in [-0.2, 0) is 19.4 Å². The fourth-order valence-corrected chi connectivity index (χ4v) is 4.69. The number of hydrogen-bond donors (Lipinski definition) is 2. The van der Waals surface area contributed by atoms with Crippen molar-refractivity contribution in [2.45, 2.75) is 44.6 Å². The summed E-state index contributed by atoms with van der Waals surface area (Å²) in [6.07, 6.45) is 3.10. The average molecular weight is 289 g/mol. The van der Waals surface area contributed by atoms with Crippen molar-refractivity contribution in [2.75, 3.05) is 11.5 Å². The topological polar surface area (TPSA) is 101 Å². The molecular weight excluding hydrogens is 270 g/mol. The lowest BCUT2D eigenvalue weighted by atomic mass is 9.82. The van der Waals surface area contributed by atoms with Crippen LogP contribution in [0.1, 0.15) is 38.5 Å². The van der Waals surface area contributed by atoms with E-state index in [9.17, 15) is 23.1 Å². The van der Waals surface area contributed by atoms with Gasteiger partial charge in [0.2, 0.25) is 5.91 Å². The van der Waals surface area contributed by atoms with Crippen LogP contribution in [0.5, 0.6) is 0 Å². The van der Waals surface area contributed by atoms with Gasteiger partial charge in [0.25, 0.3) is 0 Å². The van der Waals surface area contributed by atoms with Crippen molar-refractivity contribution in [3.05, 3.63) is 0 Å². The Labute approximate surface area is 112 Å². The van der Waals surface area contributed by atoms with Crippen molar-refractivity contribution in [2.24, 2.45) is 5.41 Å². The highest BCUT2D eigenvalue weighted by Gasteiger charge is 2.43. The zero-order valence-electron chi connectivity index (χ0n) is 10.7. The SMILES string of the molecule is O=C(CC1(C(=O)O)CCCC1)NC1CCS(=O)(=O)C1. The maximum atomic E-state index is 11.9. The molecule has 19 heavy (non-hydrogen) atoms. The van der Waals surface area contributed by atoms with E-state index in [0.29, 0.717) is 19.3 Å². The Balaban J connectivity index is 1.92. The van der Waals surface area contributed by atoms with Gasteiger partial charge in [0.15, 0.2) is 9.84 Å². The molecule has 0 aromatic carbocycles. The number of nitrogens with one attached hydrogen (secondary N) is 1. The highest BCUT2D eigenvalue weighted by Crippen LogP contribution is 2.41. The second kappa shape index (κ2) is 5.11. The van der Waals surface area contributed by atoms with Crippen molar-refractivity contribution < 1.29 is 23.1 Å². The van der Waals surface area contributed by atoms with Crippen LogP contribution in [0.4, 0.5) is 0 Å². The average Bonchev–Trinajstić information content (AvgIpc) is 2.86. The number of carbonyl (C=O) groups is 2. The van der Waals surface area contributed by atoms with Crippen LogP contribution in [0.25, 0.3) is 0 Å². The van der Waals surface area contributed by atoms with Gasteiger partial charge in [0, 0.05) is 12.5 Å². The largest absolute Gasteiger partial charge is 0.481 e. The molecule has 1 unspecified atom stereocenters. The molecule has 0 bridgehead atoms. The Morgan fingerprint density at radius 2 is 1.89 bits per heavy atom. The van der Waals surface area contributed by atoms with Gasteiger partial charge in [0.05, 0.1) is 16.9 Å². The molecule has 1 amide bonds. The highest BCUT2D eigenvalue weighted by atomic mass is 32.2. The lowest BCUT2D eigenvalue weighted by molar-refractivity contribution is -0.151. The Hall–Kier alpha value is -1.11. The molecule has 2 N–H and O–H groups in total. The zero-order valence-corrected chi connectivity index (χ0v) is 11.5. The minimum atomic E-state index is -3.03. The number of aliphatic carboxylic acids is 1. The molecular formula is C12H19NO5S. The van der Waals surface area contributed by atoms with E-state index >= 15 is 0 Å². The second-order valence-electron chi connectivity index (χ2n) is 5.64. The quantitative estimate of drug-likeness (QED) is 0.776. The lowest BCUT2D eigenvalue weighted by Crippen LogP contribution is -2.40. The summed E-state index contributed by atoms with van der Waals surface area (Å²) in [6.45, 7) is 0. The number of sulfone groups is 1. The maximum Gasteiger partial charge on any atom is 0.310 e. The first-order valence-corrected chi connectivity index (χ1v) is 8.38. The molecule has 108 valence electrons. The molecule has 2 aliphatic rings. The molecule has 1 heterocycles. The van der Waals surface area contributed by atoms with E-state index in [-0.39, 0.29) is 29.9 Å². The van der Waals surface area contributed by atoms with Crippen molar-refractivity contribution >= 4 is 21.7 Å². The van der Waals surface area contributed by atoms with Crippen LogP contribution in [0.2, 0.25) is 0 Å². The van der Waals surface area contributed by atoms with Gasteiger partial charge in [-0.2, -0.15) is 0 Å². The predicted molar refractivity (Wildman–Crippen MR) is 68.4 cm³/mol. The minimum absolute atomic E-state index is 0.0290. The Kier molecular flexibility index (Phi) is 3.85. The standard InChI is InChI=1S/C12H19NO5S/c14-10(13-9-3-6-19(17,18)8-9)7-12(11(15)16)4-1-2-5-12/h9H,1-8H2,(H,13,14)(H,15,16). The van der Waals surface area contributed by atoms with E-state index in [1.165, 1.54) is 0 Å². The molecule has 0 radical (unpaired) electrons. The Morgan fingerprint density at radius 3 is 2.37 bits per heavy atom. The monoisotopic (exact) mass is 289 g/mol. The number of rotatable bonds is 4. The smallest absolute Gasteiger partial charge is 0.310 e. The van der Waals surface area contributed by atoms with Gasteiger partial charge in [0.1, 0.15) is 0 Å². The van der Waals surface area contributed by atoms with Crippen LogP contribution in [0.15, 0.2) is 0 Å². The van der Waals surface area contributed by atoms with Gasteiger partial charge in [-0.05, 0) is 19.3 Å². The summed E-state index contributed by atoms with van der Waals surface area (Å²) in [5.41, 5.74) is -0.943. The fraction of sp³-hybridized carbons (Fsp3) is 0.833. The summed E-state index contributed by atoms with van der Waals surface area (Å²) < 4.78 is 22.6. The molecule has 7 heteroatoms. The number of amides is 1. The summed E-state index contributed by atoms with van der Waals surface area (Å²) in [5, 5.41) is 11.9. The number of carbonyl (C=O) groups excluding carboxylic acids is 1. The third kappa shape index (κ3) is 3.26. The van der Waals surface area contributed by atoms with Gasteiger partial charge in [-0.25, -0.2) is 8.42 Å². The van der Waals surface area contributed by atoms with E-state index < -0.39 is 21.2 Å². The first kappa shape index (κ1) is 14.3. The molecule has 1 aliphatic heterocycles. The fourth-order valence-electron chi connectivity index (χ4n) is 3.01. The van der Waals surface area contributed by atoms with Gasteiger partial charge < -0.3 is 10.4 Å². The van der Waals surface area contributed by atoms with Crippen LogP contribution < -0.4 is 5.32 Å². The second-order valence-corrected chi connectivity index (χ2v) is 7.87. The molecule has 2 rings (SSSR count). The van der Waals surface area contributed by atoms with E-state index in [1.54, 1.807) is 0 Å². The van der Waals surface area contributed by atoms with E-state index in [0.717, 1.165) is 12.8 Å². The van der Waals surface area contributed by atoms with E-state index in [4.69, 9.17) is 0 Å². The van der Waals surface area contributed by atoms with Gasteiger partial charge in [-0.15, -0.1) is 0 Å². The van der Waals surface area contributed by atoms with Crippen LogP contribution in [-0.4, -0.2) is 42.9 Å². The van der Waals surface area contributed by atoms with Crippen molar-refractivity contribution in [1.29, 1.82) is 0 Å². The molecule has 0 spiro atoms. The summed E-state index contributed by atoms with van der Waals surface area (Å²) in [6, 6.07) is -0.357. The predicted octanol–water partition coefficient (Wildman–Crippen LogP) is 0.325. The first-order chi connectivity index (χ1) is 8.83.